The van der Waals surface area contributed by atoms with Crippen LogP contribution in [0.2, 0.25) is 0 Å². The van der Waals surface area contributed by atoms with Crippen molar-refractivity contribution in [2.24, 2.45) is 0 Å². The standard InChI is InChI=1S/C7H5N3O2/c11-9-5-10(12)8-6-3-1-2-4-7(6)9/h1-5H. The molecule has 2 aromatic rings. The number of aromatic nitrogens is 3. The van der Waals surface area contributed by atoms with Crippen LogP contribution in [0.15, 0.2) is 30.6 Å². The van der Waals surface area contributed by atoms with E-state index in [-0.39, 0.29) is 4.85 Å². The van der Waals surface area contributed by atoms with Crippen LogP contribution in [0, 0.1) is 10.4 Å². The van der Waals surface area contributed by atoms with Gasteiger partial charge in [0.15, 0.2) is 0 Å². The Hall–Kier alpha value is -1.91. The summed E-state index contributed by atoms with van der Waals surface area (Å²) in [7, 11) is 0. The van der Waals surface area contributed by atoms with Gasteiger partial charge in [-0.25, -0.2) is 0 Å². The van der Waals surface area contributed by atoms with Crippen LogP contribution < -0.4 is 9.58 Å². The first-order valence-electron chi connectivity index (χ1n) is 3.36. The van der Waals surface area contributed by atoms with Gasteiger partial charge in [-0.05, 0) is 6.07 Å². The summed E-state index contributed by atoms with van der Waals surface area (Å²) in [4.78, 5) is 0.245. The van der Waals surface area contributed by atoms with E-state index in [1.807, 2.05) is 0 Å². The number of para-hydroxylation sites is 1. The molecule has 0 aliphatic rings. The van der Waals surface area contributed by atoms with Gasteiger partial charge in [-0.2, -0.15) is 0 Å². The molecular weight excluding hydrogens is 158 g/mol. The SMILES string of the molecule is [O-][n+]1c[n+]([O-])c2ccccc2n1. The topological polar surface area (TPSA) is 66.8 Å². The molecule has 0 saturated carbocycles. The highest BCUT2D eigenvalue weighted by Gasteiger charge is 2.08. The molecule has 2 rings (SSSR count). The monoisotopic (exact) mass is 163 g/mol. The minimum atomic E-state index is 0.245. The number of benzene rings is 1. The van der Waals surface area contributed by atoms with Gasteiger partial charge in [-0.3, -0.25) is 0 Å². The van der Waals surface area contributed by atoms with Gasteiger partial charge in [0, 0.05) is 16.0 Å². The van der Waals surface area contributed by atoms with Crippen LogP contribution in [-0.2, 0) is 0 Å². The molecule has 0 spiro atoms. The summed E-state index contributed by atoms with van der Waals surface area (Å²) >= 11 is 0. The minimum Gasteiger partial charge on any atom is -0.614 e. The smallest absolute Gasteiger partial charge is 0.456 e. The molecule has 0 unspecified atom stereocenters. The van der Waals surface area contributed by atoms with Gasteiger partial charge in [0.25, 0.3) is 5.52 Å². The van der Waals surface area contributed by atoms with E-state index in [9.17, 15) is 10.4 Å². The summed E-state index contributed by atoms with van der Waals surface area (Å²) in [6, 6.07) is 6.65. The van der Waals surface area contributed by atoms with Crippen molar-refractivity contribution in [3.8, 4) is 0 Å². The predicted octanol–water partition coefficient (Wildman–Crippen LogP) is -0.498. The van der Waals surface area contributed by atoms with Gasteiger partial charge in [-0.1, -0.05) is 12.1 Å². The molecule has 5 heteroatoms. The maximum Gasteiger partial charge on any atom is 0.456 e. The first kappa shape index (κ1) is 6.78. The molecule has 0 bridgehead atoms. The van der Waals surface area contributed by atoms with E-state index in [2.05, 4.69) is 5.10 Å². The van der Waals surface area contributed by atoms with Gasteiger partial charge < -0.3 is 10.4 Å². The van der Waals surface area contributed by atoms with Crippen molar-refractivity contribution in [3.05, 3.63) is 41.0 Å². The fourth-order valence-corrected chi connectivity index (χ4v) is 1.02. The van der Waals surface area contributed by atoms with Gasteiger partial charge >= 0.3 is 6.33 Å². The molecule has 1 aromatic heterocycles. The van der Waals surface area contributed by atoms with E-state index >= 15 is 0 Å². The highest BCUT2D eigenvalue weighted by molar-refractivity contribution is 5.69. The highest BCUT2D eigenvalue weighted by atomic mass is 16.5. The zero-order valence-electron chi connectivity index (χ0n) is 6.04. The van der Waals surface area contributed by atoms with E-state index in [4.69, 9.17) is 0 Å². The predicted molar refractivity (Wildman–Crippen MR) is 39.7 cm³/mol. The maximum atomic E-state index is 11.1. The first-order valence-corrected chi connectivity index (χ1v) is 3.36. The van der Waals surface area contributed by atoms with Crippen molar-refractivity contribution in [1.29, 1.82) is 0 Å². The highest BCUT2D eigenvalue weighted by Crippen LogP contribution is 2.01. The Labute approximate surface area is 67.7 Å². The number of hydrogen-bond donors (Lipinski definition) is 0. The normalized spacial score (nSPS) is 10.3. The zero-order valence-corrected chi connectivity index (χ0v) is 6.04. The number of rotatable bonds is 0. The number of hydrogen-bond acceptors (Lipinski definition) is 3. The van der Waals surface area contributed by atoms with Crippen molar-refractivity contribution >= 4 is 11.0 Å². The summed E-state index contributed by atoms with van der Waals surface area (Å²) in [6.07, 6.45) is 0.836. The second-order valence-electron chi connectivity index (χ2n) is 2.33. The van der Waals surface area contributed by atoms with E-state index in [0.717, 1.165) is 6.33 Å². The molecule has 0 atom stereocenters. The molecule has 0 N–H and O–H groups in total. The Kier molecular flexibility index (Phi) is 1.30. The van der Waals surface area contributed by atoms with E-state index in [1.165, 1.54) is 0 Å². The average Bonchev–Trinajstić information content (AvgIpc) is 2.04. The third kappa shape index (κ3) is 0.914. The van der Waals surface area contributed by atoms with Crippen LogP contribution in [0.5, 0.6) is 0 Å². The van der Waals surface area contributed by atoms with Crippen molar-refractivity contribution in [2.45, 2.75) is 0 Å². The van der Waals surface area contributed by atoms with Crippen molar-refractivity contribution < 1.29 is 9.58 Å². The fourth-order valence-electron chi connectivity index (χ4n) is 1.02. The second-order valence-corrected chi connectivity index (χ2v) is 2.33. The molecule has 0 aliphatic carbocycles. The maximum absolute atomic E-state index is 11.1. The van der Waals surface area contributed by atoms with E-state index < -0.39 is 0 Å². The Morgan fingerprint density at radius 1 is 1.17 bits per heavy atom. The zero-order chi connectivity index (χ0) is 8.55. The largest absolute Gasteiger partial charge is 0.614 e. The van der Waals surface area contributed by atoms with Gasteiger partial charge in [0.1, 0.15) is 0 Å². The quantitative estimate of drug-likeness (QED) is 0.388. The van der Waals surface area contributed by atoms with Gasteiger partial charge in [-0.15, -0.1) is 4.73 Å². The fraction of sp³-hybridized carbons (Fsp3) is 0. The molecule has 12 heavy (non-hydrogen) atoms. The average molecular weight is 163 g/mol. The lowest BCUT2D eigenvalue weighted by Crippen LogP contribution is -2.43. The summed E-state index contributed by atoms with van der Waals surface area (Å²) in [5, 5.41) is 25.3. The van der Waals surface area contributed by atoms with Crippen molar-refractivity contribution in [3.63, 3.8) is 0 Å². The molecule has 0 amide bonds. The Morgan fingerprint density at radius 3 is 2.75 bits per heavy atom. The molecule has 0 fully saturated rings. The molecule has 0 radical (unpaired) electrons. The van der Waals surface area contributed by atoms with Gasteiger partial charge in [0.05, 0.1) is 0 Å². The van der Waals surface area contributed by atoms with E-state index in [0.29, 0.717) is 15.8 Å². The van der Waals surface area contributed by atoms with Crippen molar-refractivity contribution in [2.75, 3.05) is 0 Å². The Morgan fingerprint density at radius 2 is 1.92 bits per heavy atom. The molecular formula is C7H5N3O2. The Balaban J connectivity index is 2.89. The second kappa shape index (κ2) is 2.30. The molecule has 60 valence electrons. The van der Waals surface area contributed by atoms with Crippen LogP contribution in [-0.4, -0.2) is 5.10 Å². The van der Waals surface area contributed by atoms with Crippen LogP contribution in [0.25, 0.3) is 11.0 Å². The Bertz CT molecular complexity index is 430. The lowest BCUT2D eigenvalue weighted by Gasteiger charge is -1.97. The minimum absolute atomic E-state index is 0.245. The summed E-state index contributed by atoms with van der Waals surface area (Å²) in [6.45, 7) is 0. The van der Waals surface area contributed by atoms with Crippen molar-refractivity contribution in [1.82, 2.24) is 5.10 Å². The molecule has 0 saturated heterocycles. The van der Waals surface area contributed by atoms with Crippen LogP contribution in [0.3, 0.4) is 0 Å². The summed E-state index contributed by atoms with van der Waals surface area (Å²) in [5.74, 6) is 0. The van der Waals surface area contributed by atoms with Crippen LogP contribution in [0.1, 0.15) is 0 Å². The third-order valence-electron chi connectivity index (χ3n) is 1.53. The molecule has 1 heterocycles. The third-order valence-corrected chi connectivity index (χ3v) is 1.53. The lowest BCUT2D eigenvalue weighted by atomic mass is 10.3. The molecule has 5 nitrogen and oxygen atoms in total. The summed E-state index contributed by atoms with van der Waals surface area (Å²) in [5.41, 5.74) is 0.787. The lowest BCUT2D eigenvalue weighted by molar-refractivity contribution is -0.766. The van der Waals surface area contributed by atoms with Gasteiger partial charge in [0.2, 0.25) is 5.52 Å². The van der Waals surface area contributed by atoms with Crippen LogP contribution >= 0.6 is 0 Å². The molecule has 1 aromatic carbocycles. The van der Waals surface area contributed by atoms with Crippen LogP contribution in [0.4, 0.5) is 0 Å². The van der Waals surface area contributed by atoms with E-state index in [1.54, 1.807) is 24.3 Å². The number of fused-ring (bicyclic) bond motifs is 1. The molecule has 0 aliphatic heterocycles. The first-order chi connectivity index (χ1) is 5.77. The number of nitrogens with zero attached hydrogens (tertiary/aromatic N) is 3. The summed E-state index contributed by atoms with van der Waals surface area (Å²) < 4.78 is 0.495.